The zero-order valence-corrected chi connectivity index (χ0v) is 25.8. The number of fused-ring (bicyclic) bond motifs is 5. The number of aromatic amines is 1. The lowest BCUT2D eigenvalue weighted by molar-refractivity contribution is -0.140. The first-order valence-corrected chi connectivity index (χ1v) is 15.1. The number of aliphatic hydroxyl groups excluding tert-OH is 1. The summed E-state index contributed by atoms with van der Waals surface area (Å²) in [5.41, 5.74) is 14.5. The van der Waals surface area contributed by atoms with Gasteiger partial charge in [0.05, 0.1) is 47.5 Å². The molecule has 6 aliphatic rings. The van der Waals surface area contributed by atoms with Gasteiger partial charge in [-0.15, -0.1) is 0 Å². The molecule has 224 valence electrons. The summed E-state index contributed by atoms with van der Waals surface area (Å²) in [6.07, 6.45) is 9.98. The molecule has 10 heteroatoms. The zero-order chi connectivity index (χ0) is 30.9. The number of esters is 1. The number of carbonyl (C=O) groups is 1. The van der Waals surface area contributed by atoms with E-state index < -0.39 is 0 Å². The number of aromatic nitrogens is 3. The molecule has 8 bridgehead atoms. The Morgan fingerprint density at radius 2 is 1.80 bits per heavy atom. The van der Waals surface area contributed by atoms with Crippen LogP contribution in [0.25, 0.3) is 5.57 Å². The van der Waals surface area contributed by atoms with Crippen LogP contribution in [0.4, 0.5) is 0 Å². The molecule has 2 atom stereocenters. The van der Waals surface area contributed by atoms with Crippen molar-refractivity contribution in [2.75, 3.05) is 7.11 Å². The molecule has 0 amide bonds. The van der Waals surface area contributed by atoms with Crippen LogP contribution in [-0.2, 0) is 9.53 Å². The number of H-pyrrole nitrogens is 1. The minimum Gasteiger partial charge on any atom is -0.511 e. The number of aliphatic hydroxyl groups is 1. The molecule has 0 spiro atoms. The van der Waals surface area contributed by atoms with Gasteiger partial charge in [-0.1, -0.05) is 13.8 Å². The fraction of sp³-hybridized carbons (Fsp3) is 0.353. The highest BCUT2D eigenvalue weighted by molar-refractivity contribution is 6.22. The number of rotatable bonds is 5. The molecular weight excluding hydrogens is 554 g/mol. The van der Waals surface area contributed by atoms with Crippen molar-refractivity contribution in [1.29, 1.82) is 0 Å². The minimum atomic E-state index is -0.243. The van der Waals surface area contributed by atoms with E-state index in [2.05, 4.69) is 54.5 Å². The summed E-state index contributed by atoms with van der Waals surface area (Å²) in [5, 5.41) is 26.2. The molecule has 1 fully saturated rings. The third-order valence-corrected chi connectivity index (χ3v) is 9.61. The number of hydrogen-bond donors (Lipinski definition) is 3. The fourth-order valence-electron chi connectivity index (χ4n) is 7.13. The molecule has 0 saturated carbocycles. The first-order chi connectivity index (χ1) is 21.2. The van der Waals surface area contributed by atoms with Gasteiger partial charge in [0, 0.05) is 52.8 Å². The van der Waals surface area contributed by atoms with Gasteiger partial charge in [0.25, 0.3) is 0 Å². The maximum absolute atomic E-state index is 12.2. The summed E-state index contributed by atoms with van der Waals surface area (Å²) in [6, 6.07) is 0. The number of nitrogens with zero attached hydrogens (tertiary/aromatic N) is 5. The number of ether oxygens (including phenoxy) is 1. The molecule has 0 unspecified atom stereocenters. The van der Waals surface area contributed by atoms with Crippen molar-refractivity contribution in [3.8, 4) is 0 Å². The monoisotopic (exact) mass is 589 g/mol. The largest absolute Gasteiger partial charge is 0.511 e. The van der Waals surface area contributed by atoms with Gasteiger partial charge < -0.3 is 15.2 Å². The van der Waals surface area contributed by atoms with Crippen LogP contribution < -0.4 is 5.32 Å². The molecule has 5 aliphatic heterocycles. The second kappa shape index (κ2) is 10.4. The van der Waals surface area contributed by atoms with Gasteiger partial charge in [-0.2, -0.15) is 15.4 Å². The number of nitrogens with one attached hydrogen (secondary N) is 2. The summed E-state index contributed by atoms with van der Waals surface area (Å²) in [5.74, 6) is 0.128. The summed E-state index contributed by atoms with van der Waals surface area (Å²) in [4.78, 5) is 27.6. The maximum Gasteiger partial charge on any atom is 0.305 e. The van der Waals surface area contributed by atoms with E-state index in [1.807, 2.05) is 19.1 Å². The Morgan fingerprint density at radius 1 is 1.02 bits per heavy atom. The van der Waals surface area contributed by atoms with E-state index in [0.29, 0.717) is 25.0 Å². The number of allylic oxidation sites excluding steroid dienone is 12. The molecule has 10 nitrogen and oxygen atoms in total. The lowest BCUT2D eigenvalue weighted by atomic mass is 9.86. The molecule has 3 N–H and O–H groups in total. The van der Waals surface area contributed by atoms with Crippen molar-refractivity contribution >= 4 is 28.7 Å². The quantitative estimate of drug-likeness (QED) is 0.367. The van der Waals surface area contributed by atoms with Crippen LogP contribution in [0.5, 0.6) is 0 Å². The van der Waals surface area contributed by atoms with E-state index in [1.54, 1.807) is 6.20 Å². The van der Waals surface area contributed by atoms with Crippen molar-refractivity contribution < 1.29 is 14.6 Å². The van der Waals surface area contributed by atoms with Gasteiger partial charge in [0.2, 0.25) is 0 Å². The third kappa shape index (κ3) is 4.23. The highest BCUT2D eigenvalue weighted by Gasteiger charge is 2.41. The Balaban J connectivity index is 1.47. The lowest BCUT2D eigenvalue weighted by Gasteiger charge is -2.17. The number of methoxy groups -OCH3 is 1. The smallest absolute Gasteiger partial charge is 0.305 e. The third-order valence-electron chi connectivity index (χ3n) is 9.61. The van der Waals surface area contributed by atoms with Gasteiger partial charge in [-0.05, 0) is 74.1 Å². The second-order valence-electron chi connectivity index (χ2n) is 12.0. The van der Waals surface area contributed by atoms with Gasteiger partial charge in [-0.25, -0.2) is 15.0 Å². The standard InChI is InChI=1S/C34H35N7O3/c1-7-19-15(2)22-13-27-31(28-14-35-41-40-28)17(4)24(37-27)11-23-16(3)20(8-9-30(43)44-6)33(38-23)21-10-29(42)32-18(5)25(39-34(21)32)12-26(19)36-22/h11-14,16,20,38,42H,7-10H2,1-6H3,(H,35,40,41)/t16-,20-/m0/s1. The van der Waals surface area contributed by atoms with Gasteiger partial charge >= 0.3 is 5.97 Å². The summed E-state index contributed by atoms with van der Waals surface area (Å²) in [7, 11) is 1.42. The van der Waals surface area contributed by atoms with Crippen LogP contribution in [0.15, 0.2) is 107 Å². The van der Waals surface area contributed by atoms with Crippen molar-refractivity contribution in [3.63, 3.8) is 0 Å². The molecule has 1 aromatic rings. The van der Waals surface area contributed by atoms with Crippen molar-refractivity contribution in [3.05, 3.63) is 97.8 Å². The average Bonchev–Trinajstić information content (AvgIpc) is 3.84. The van der Waals surface area contributed by atoms with E-state index in [0.717, 1.165) is 96.7 Å². The fourth-order valence-corrected chi connectivity index (χ4v) is 7.13. The van der Waals surface area contributed by atoms with Crippen LogP contribution in [-0.4, -0.2) is 50.7 Å². The highest BCUT2D eigenvalue weighted by atomic mass is 16.5. The molecular formula is C34H35N7O3. The molecule has 0 radical (unpaired) electrons. The minimum absolute atomic E-state index is 0.00116. The molecule has 1 saturated heterocycles. The second-order valence-corrected chi connectivity index (χ2v) is 12.0. The highest BCUT2D eigenvalue weighted by Crippen LogP contribution is 2.46. The van der Waals surface area contributed by atoms with Crippen LogP contribution in [0.2, 0.25) is 0 Å². The lowest BCUT2D eigenvalue weighted by Crippen LogP contribution is -2.16. The number of hydrogen-bond acceptors (Lipinski definition) is 9. The molecule has 0 aromatic carbocycles. The van der Waals surface area contributed by atoms with E-state index in [9.17, 15) is 9.90 Å². The molecule has 7 rings (SSSR count). The number of aliphatic imine (C=N–C) groups is 3. The summed E-state index contributed by atoms with van der Waals surface area (Å²) < 4.78 is 4.99. The van der Waals surface area contributed by atoms with Crippen molar-refractivity contribution in [1.82, 2.24) is 20.7 Å². The maximum atomic E-state index is 12.2. The van der Waals surface area contributed by atoms with Gasteiger partial charge in [-0.3, -0.25) is 4.79 Å². The van der Waals surface area contributed by atoms with Crippen molar-refractivity contribution in [2.24, 2.45) is 26.8 Å². The van der Waals surface area contributed by atoms with E-state index in [4.69, 9.17) is 19.7 Å². The Morgan fingerprint density at radius 3 is 2.52 bits per heavy atom. The predicted molar refractivity (Wildman–Crippen MR) is 170 cm³/mol. The molecule has 1 aliphatic carbocycles. The predicted octanol–water partition coefficient (Wildman–Crippen LogP) is 5.89. The normalized spacial score (nSPS) is 24.1. The van der Waals surface area contributed by atoms with E-state index in [-0.39, 0.29) is 17.8 Å². The number of carbonyl (C=O) groups excluding carboxylic acids is 1. The molecule has 1 aromatic heterocycles. The molecule has 6 heterocycles. The van der Waals surface area contributed by atoms with Gasteiger partial charge in [0.15, 0.2) is 0 Å². The van der Waals surface area contributed by atoms with Crippen LogP contribution in [0.3, 0.4) is 0 Å². The summed E-state index contributed by atoms with van der Waals surface area (Å²) >= 11 is 0. The van der Waals surface area contributed by atoms with E-state index in [1.165, 1.54) is 7.11 Å². The Hall–Kier alpha value is -4.86. The molecule has 44 heavy (non-hydrogen) atoms. The Bertz CT molecular complexity index is 1880. The average molecular weight is 590 g/mol. The van der Waals surface area contributed by atoms with Crippen molar-refractivity contribution in [2.45, 2.75) is 60.3 Å². The van der Waals surface area contributed by atoms with Gasteiger partial charge in [0.1, 0.15) is 11.5 Å². The Labute approximate surface area is 255 Å². The topological polar surface area (TPSA) is 137 Å². The zero-order valence-electron chi connectivity index (χ0n) is 25.8. The van der Waals surface area contributed by atoms with E-state index >= 15 is 0 Å². The van der Waals surface area contributed by atoms with Crippen LogP contribution in [0, 0.1) is 11.8 Å². The first-order valence-electron chi connectivity index (χ1n) is 15.1. The first kappa shape index (κ1) is 27.9. The summed E-state index contributed by atoms with van der Waals surface area (Å²) in [6.45, 7) is 10.5. The van der Waals surface area contributed by atoms with Crippen LogP contribution >= 0.6 is 0 Å². The Kier molecular flexibility index (Phi) is 6.60. The van der Waals surface area contributed by atoms with Crippen LogP contribution in [0.1, 0.15) is 66.0 Å². The SMILES string of the molecule is CCC1=C(C)C2=NC1=CC1=C(C)C3=C(O)CC(=C4NC(=CC5=NC(=C2)C(c2cn[nH]n2)=C5C)[C@@H](C)[C@@H]4CCC(=O)OC)C3=N1.